The SMILES string of the molecule is CCCCC[C@H](O)C=C[C@H]1[C@@H](CC#CCCCC(=O)O)C(=O)C(C)(C)[C@H]1O. The van der Waals surface area contributed by atoms with Crippen LogP contribution in [-0.4, -0.2) is 39.3 Å². The van der Waals surface area contributed by atoms with E-state index in [-0.39, 0.29) is 18.1 Å². The smallest absolute Gasteiger partial charge is 0.303 e. The number of Topliss-reactive ketones (excluding diaryl/α,β-unsaturated/α-hetero) is 1. The largest absolute Gasteiger partial charge is 0.481 e. The van der Waals surface area contributed by atoms with Gasteiger partial charge in [-0.1, -0.05) is 52.2 Å². The van der Waals surface area contributed by atoms with Crippen LogP contribution in [0.25, 0.3) is 0 Å². The van der Waals surface area contributed by atoms with Crippen LogP contribution in [0.2, 0.25) is 0 Å². The number of aliphatic hydroxyl groups is 2. The van der Waals surface area contributed by atoms with Crippen LogP contribution < -0.4 is 0 Å². The zero-order valence-electron chi connectivity index (χ0n) is 16.8. The standard InChI is InChI=1S/C22H34O5/c1-4-5-8-11-16(23)14-15-18-17(20(26)22(2,3)21(18)27)12-9-6-7-10-13-19(24)25/h14-18,21,23,27H,4-5,7-8,10-13H2,1-3H3,(H,24,25)/t16-,17+,18-,21-/m0/s1. The Morgan fingerprint density at radius 1 is 1.26 bits per heavy atom. The Bertz CT molecular complexity index is 581. The van der Waals surface area contributed by atoms with Crippen LogP contribution >= 0.6 is 0 Å². The molecule has 0 aromatic carbocycles. The minimum absolute atomic E-state index is 0.00930. The maximum atomic E-state index is 12.7. The zero-order valence-corrected chi connectivity index (χ0v) is 16.8. The first-order chi connectivity index (χ1) is 12.7. The monoisotopic (exact) mass is 378 g/mol. The summed E-state index contributed by atoms with van der Waals surface area (Å²) >= 11 is 0. The van der Waals surface area contributed by atoms with Gasteiger partial charge in [0.15, 0.2) is 0 Å². The number of carboxylic acids is 1. The maximum Gasteiger partial charge on any atom is 0.303 e. The Morgan fingerprint density at radius 3 is 2.59 bits per heavy atom. The Hall–Kier alpha value is -1.64. The summed E-state index contributed by atoms with van der Waals surface area (Å²) in [5, 5.41) is 29.3. The van der Waals surface area contributed by atoms with E-state index in [0.29, 0.717) is 25.7 Å². The number of carbonyl (C=O) groups is 2. The second-order valence-corrected chi connectivity index (χ2v) is 7.97. The molecule has 3 N–H and O–H groups in total. The molecule has 1 fully saturated rings. The summed E-state index contributed by atoms with van der Waals surface area (Å²) in [7, 11) is 0. The molecule has 0 heterocycles. The van der Waals surface area contributed by atoms with Crippen molar-refractivity contribution >= 4 is 11.8 Å². The fraction of sp³-hybridized carbons (Fsp3) is 0.727. The molecule has 1 saturated carbocycles. The van der Waals surface area contributed by atoms with Crippen LogP contribution in [0.5, 0.6) is 0 Å². The number of unbranched alkanes of at least 4 members (excludes halogenated alkanes) is 3. The van der Waals surface area contributed by atoms with Gasteiger partial charge in [0.2, 0.25) is 0 Å². The predicted molar refractivity (Wildman–Crippen MR) is 105 cm³/mol. The molecule has 152 valence electrons. The first kappa shape index (κ1) is 23.4. The van der Waals surface area contributed by atoms with E-state index in [1.807, 2.05) is 0 Å². The van der Waals surface area contributed by atoms with Gasteiger partial charge in [-0.2, -0.15) is 0 Å². The molecular weight excluding hydrogens is 344 g/mol. The molecule has 5 heteroatoms. The Morgan fingerprint density at radius 2 is 1.96 bits per heavy atom. The fourth-order valence-electron chi connectivity index (χ4n) is 3.52. The lowest BCUT2D eigenvalue weighted by atomic mass is 9.86. The van der Waals surface area contributed by atoms with Crippen molar-refractivity contribution in [2.45, 2.75) is 84.3 Å². The van der Waals surface area contributed by atoms with E-state index in [0.717, 1.165) is 19.3 Å². The molecule has 0 spiro atoms. The third kappa shape index (κ3) is 7.12. The van der Waals surface area contributed by atoms with Crippen LogP contribution in [0.4, 0.5) is 0 Å². The first-order valence-corrected chi connectivity index (χ1v) is 9.98. The van der Waals surface area contributed by atoms with Gasteiger partial charge in [0.25, 0.3) is 0 Å². The normalized spacial score (nSPS) is 25.4. The number of hydrogen-bond donors (Lipinski definition) is 3. The van der Waals surface area contributed by atoms with Gasteiger partial charge >= 0.3 is 5.97 Å². The van der Waals surface area contributed by atoms with Crippen molar-refractivity contribution in [1.82, 2.24) is 0 Å². The van der Waals surface area contributed by atoms with Crippen molar-refractivity contribution in [3.63, 3.8) is 0 Å². The molecular formula is C22H34O5. The summed E-state index contributed by atoms with van der Waals surface area (Å²) in [4.78, 5) is 23.2. The quantitative estimate of drug-likeness (QED) is 0.308. The minimum atomic E-state index is -0.838. The first-order valence-electron chi connectivity index (χ1n) is 9.98. The number of ketones is 1. The van der Waals surface area contributed by atoms with E-state index in [2.05, 4.69) is 18.8 Å². The van der Waals surface area contributed by atoms with Gasteiger partial charge < -0.3 is 15.3 Å². The highest BCUT2D eigenvalue weighted by Crippen LogP contribution is 2.44. The van der Waals surface area contributed by atoms with Gasteiger partial charge in [-0.05, 0) is 12.8 Å². The highest BCUT2D eigenvalue weighted by atomic mass is 16.4. The summed E-state index contributed by atoms with van der Waals surface area (Å²) in [5.41, 5.74) is -0.835. The predicted octanol–water partition coefficient (Wildman–Crippen LogP) is 3.33. The zero-order chi connectivity index (χ0) is 20.4. The second-order valence-electron chi connectivity index (χ2n) is 7.97. The van der Waals surface area contributed by atoms with Crippen molar-refractivity contribution < 1.29 is 24.9 Å². The van der Waals surface area contributed by atoms with Gasteiger partial charge in [-0.3, -0.25) is 9.59 Å². The highest BCUT2D eigenvalue weighted by Gasteiger charge is 2.52. The summed E-state index contributed by atoms with van der Waals surface area (Å²) in [6, 6.07) is 0. The number of rotatable bonds is 10. The number of aliphatic hydroxyl groups excluding tert-OH is 2. The molecule has 0 amide bonds. The summed E-state index contributed by atoms with van der Waals surface area (Å²) in [6.45, 7) is 5.61. The Balaban J connectivity index is 2.72. The molecule has 0 aromatic rings. The van der Waals surface area contributed by atoms with Gasteiger partial charge in [0, 0.05) is 31.1 Å². The fourth-order valence-corrected chi connectivity index (χ4v) is 3.52. The molecule has 4 atom stereocenters. The van der Waals surface area contributed by atoms with E-state index in [4.69, 9.17) is 5.11 Å². The number of carbonyl (C=O) groups excluding carboxylic acids is 1. The van der Waals surface area contributed by atoms with Gasteiger partial charge in [0.1, 0.15) is 5.78 Å². The Kier molecular flexibility index (Phi) is 9.76. The van der Waals surface area contributed by atoms with Crippen LogP contribution in [0.1, 0.15) is 72.1 Å². The van der Waals surface area contributed by atoms with E-state index >= 15 is 0 Å². The molecule has 0 saturated heterocycles. The van der Waals surface area contributed by atoms with Crippen LogP contribution in [0.3, 0.4) is 0 Å². The molecule has 0 aromatic heterocycles. The van der Waals surface area contributed by atoms with Crippen LogP contribution in [0, 0.1) is 29.1 Å². The lowest BCUT2D eigenvalue weighted by molar-refractivity contribution is -0.137. The number of aliphatic carboxylic acids is 1. The molecule has 5 nitrogen and oxygen atoms in total. The van der Waals surface area contributed by atoms with Crippen molar-refractivity contribution in [2.75, 3.05) is 0 Å². The molecule has 1 aliphatic carbocycles. The van der Waals surface area contributed by atoms with E-state index in [1.165, 1.54) is 0 Å². The summed E-state index contributed by atoms with van der Waals surface area (Å²) in [6.07, 6.45) is 7.30. The van der Waals surface area contributed by atoms with Gasteiger partial charge in [-0.25, -0.2) is 0 Å². The molecule has 27 heavy (non-hydrogen) atoms. The van der Waals surface area contributed by atoms with Crippen molar-refractivity contribution in [1.29, 1.82) is 0 Å². The van der Waals surface area contributed by atoms with Crippen molar-refractivity contribution in [2.24, 2.45) is 17.3 Å². The highest BCUT2D eigenvalue weighted by molar-refractivity contribution is 5.90. The number of carboxylic acid groups (broad SMARTS) is 1. The van der Waals surface area contributed by atoms with Gasteiger partial charge in [-0.15, -0.1) is 11.8 Å². The third-order valence-electron chi connectivity index (χ3n) is 5.34. The van der Waals surface area contributed by atoms with E-state index in [1.54, 1.807) is 26.0 Å². The molecule has 1 rings (SSSR count). The summed E-state index contributed by atoms with van der Waals surface area (Å²) < 4.78 is 0. The van der Waals surface area contributed by atoms with Crippen LogP contribution in [-0.2, 0) is 9.59 Å². The molecule has 1 aliphatic rings. The van der Waals surface area contributed by atoms with E-state index < -0.39 is 29.5 Å². The molecule has 0 radical (unpaired) electrons. The molecule has 0 bridgehead atoms. The lowest BCUT2D eigenvalue weighted by Crippen LogP contribution is -2.31. The van der Waals surface area contributed by atoms with Crippen LogP contribution in [0.15, 0.2) is 12.2 Å². The maximum absolute atomic E-state index is 12.7. The molecule has 0 aliphatic heterocycles. The average molecular weight is 379 g/mol. The minimum Gasteiger partial charge on any atom is -0.481 e. The summed E-state index contributed by atoms with van der Waals surface area (Å²) in [5.74, 6) is 4.30. The van der Waals surface area contributed by atoms with Crippen molar-refractivity contribution in [3.8, 4) is 11.8 Å². The number of hydrogen-bond acceptors (Lipinski definition) is 4. The van der Waals surface area contributed by atoms with Gasteiger partial charge in [0.05, 0.1) is 17.6 Å². The second kappa shape index (κ2) is 11.3. The lowest BCUT2D eigenvalue weighted by Gasteiger charge is -2.22. The van der Waals surface area contributed by atoms with E-state index in [9.17, 15) is 19.8 Å². The average Bonchev–Trinajstić information content (AvgIpc) is 2.76. The third-order valence-corrected chi connectivity index (χ3v) is 5.34. The van der Waals surface area contributed by atoms with Crippen molar-refractivity contribution in [3.05, 3.63) is 12.2 Å². The molecule has 0 unspecified atom stereocenters. The Labute approximate surface area is 162 Å². The topological polar surface area (TPSA) is 94.8 Å².